The van der Waals surface area contributed by atoms with E-state index in [2.05, 4.69) is 26.2 Å². The van der Waals surface area contributed by atoms with Crippen molar-refractivity contribution in [2.75, 3.05) is 5.32 Å². The van der Waals surface area contributed by atoms with E-state index in [1.807, 2.05) is 0 Å². The van der Waals surface area contributed by atoms with Gasteiger partial charge in [0.05, 0.1) is 4.90 Å². The number of anilines is 1. The third kappa shape index (κ3) is 3.41. The van der Waals surface area contributed by atoms with Crippen LogP contribution in [0.4, 0.5) is 5.69 Å². The van der Waals surface area contributed by atoms with Crippen molar-refractivity contribution >= 4 is 37.5 Å². The molecule has 0 aliphatic heterocycles. The second-order valence-electron chi connectivity index (χ2n) is 3.86. The molecule has 8 heteroatoms. The smallest absolute Gasteiger partial charge is 0.274 e. The number of amides is 1. The first-order valence-electron chi connectivity index (χ1n) is 5.42. The van der Waals surface area contributed by atoms with E-state index >= 15 is 0 Å². The van der Waals surface area contributed by atoms with Gasteiger partial charge in [-0.1, -0.05) is 6.07 Å². The van der Waals surface area contributed by atoms with Crippen molar-refractivity contribution in [2.24, 2.45) is 5.14 Å². The normalized spacial score (nSPS) is 11.1. The topological polar surface area (TPSA) is 102 Å². The third-order valence-electron chi connectivity index (χ3n) is 2.39. The van der Waals surface area contributed by atoms with Gasteiger partial charge >= 0.3 is 0 Å². The molecule has 0 unspecified atom stereocenters. The lowest BCUT2D eigenvalue weighted by Crippen LogP contribution is -2.15. The quantitative estimate of drug-likeness (QED) is 0.875. The Balaban J connectivity index is 2.24. The lowest BCUT2D eigenvalue weighted by atomic mass is 10.3. The molecule has 1 aromatic carbocycles. The number of carbonyl (C=O) groups is 1. The van der Waals surface area contributed by atoms with E-state index in [0.717, 1.165) is 0 Å². The average Bonchev–Trinajstić information content (AvgIpc) is 2.38. The maximum Gasteiger partial charge on any atom is 0.274 e. The van der Waals surface area contributed by atoms with Crippen molar-refractivity contribution in [1.82, 2.24) is 4.98 Å². The van der Waals surface area contributed by atoms with E-state index in [9.17, 15) is 13.2 Å². The van der Waals surface area contributed by atoms with Crippen LogP contribution in [0.25, 0.3) is 0 Å². The summed E-state index contributed by atoms with van der Waals surface area (Å²) in [5.41, 5.74) is 0.694. The van der Waals surface area contributed by atoms with Crippen LogP contribution in [0.1, 0.15) is 10.5 Å². The van der Waals surface area contributed by atoms with E-state index in [0.29, 0.717) is 5.69 Å². The largest absolute Gasteiger partial charge is 0.321 e. The summed E-state index contributed by atoms with van der Waals surface area (Å²) < 4.78 is 22.8. The molecule has 3 N–H and O–H groups in total. The van der Waals surface area contributed by atoms with Crippen LogP contribution in [0, 0.1) is 0 Å². The number of primary sulfonamides is 1. The Hall–Kier alpha value is -1.77. The molecule has 104 valence electrons. The van der Waals surface area contributed by atoms with Gasteiger partial charge in [-0.05, 0) is 46.3 Å². The number of rotatable bonds is 3. The number of hydrogen-bond donors (Lipinski definition) is 2. The van der Waals surface area contributed by atoms with Crippen LogP contribution in [-0.2, 0) is 10.0 Å². The van der Waals surface area contributed by atoms with Gasteiger partial charge in [-0.15, -0.1) is 0 Å². The summed E-state index contributed by atoms with van der Waals surface area (Å²) in [5.74, 6) is -0.388. The number of aromatic nitrogens is 1. The highest BCUT2D eigenvalue weighted by molar-refractivity contribution is 9.10. The molecule has 0 saturated carbocycles. The van der Waals surface area contributed by atoms with Crippen LogP contribution in [0.2, 0.25) is 0 Å². The van der Waals surface area contributed by atoms with Crippen molar-refractivity contribution in [3.63, 3.8) is 0 Å². The molecule has 0 aliphatic carbocycles. The summed E-state index contributed by atoms with van der Waals surface area (Å²) >= 11 is 3.10. The standard InChI is InChI=1S/C12H10BrN3O3S/c13-9-7-8(4-5-11(9)20(14,18)19)16-12(17)10-3-1-2-6-15-10/h1-7H,(H,16,17)(H2,14,18,19). The van der Waals surface area contributed by atoms with Gasteiger partial charge in [0, 0.05) is 16.4 Å². The van der Waals surface area contributed by atoms with Crippen LogP contribution in [0.15, 0.2) is 52.0 Å². The fraction of sp³-hybridized carbons (Fsp3) is 0. The number of pyridine rings is 1. The number of carbonyl (C=O) groups excluding carboxylic acids is 1. The molecule has 0 bridgehead atoms. The van der Waals surface area contributed by atoms with Crippen LogP contribution in [0.3, 0.4) is 0 Å². The molecule has 1 amide bonds. The number of hydrogen-bond acceptors (Lipinski definition) is 4. The molecule has 0 atom stereocenters. The summed E-state index contributed by atoms with van der Waals surface area (Å²) in [7, 11) is -3.80. The lowest BCUT2D eigenvalue weighted by molar-refractivity contribution is 0.102. The maximum atomic E-state index is 11.9. The lowest BCUT2D eigenvalue weighted by Gasteiger charge is -2.07. The summed E-state index contributed by atoms with van der Waals surface area (Å²) in [6, 6.07) is 9.19. The van der Waals surface area contributed by atoms with E-state index in [1.165, 1.54) is 24.4 Å². The Morgan fingerprint density at radius 3 is 2.55 bits per heavy atom. The van der Waals surface area contributed by atoms with Crippen LogP contribution in [-0.4, -0.2) is 19.3 Å². The number of halogens is 1. The number of nitrogens with one attached hydrogen (secondary N) is 1. The molecule has 0 radical (unpaired) electrons. The Morgan fingerprint density at radius 2 is 2.00 bits per heavy atom. The van der Waals surface area contributed by atoms with E-state index in [1.54, 1.807) is 18.2 Å². The van der Waals surface area contributed by atoms with Crippen LogP contribution in [0.5, 0.6) is 0 Å². The van der Waals surface area contributed by atoms with E-state index in [4.69, 9.17) is 5.14 Å². The van der Waals surface area contributed by atoms with Gasteiger partial charge < -0.3 is 5.32 Å². The van der Waals surface area contributed by atoms with Gasteiger partial charge in [-0.2, -0.15) is 0 Å². The molecule has 0 aliphatic rings. The zero-order chi connectivity index (χ0) is 14.8. The highest BCUT2D eigenvalue weighted by atomic mass is 79.9. The molecular formula is C12H10BrN3O3S. The number of benzene rings is 1. The first-order valence-corrected chi connectivity index (χ1v) is 7.76. The first kappa shape index (κ1) is 14.6. The van der Waals surface area contributed by atoms with Gasteiger partial charge in [-0.3, -0.25) is 9.78 Å². The zero-order valence-electron chi connectivity index (χ0n) is 10.1. The third-order valence-corrected chi connectivity index (χ3v) is 4.28. The van der Waals surface area contributed by atoms with Crippen molar-refractivity contribution < 1.29 is 13.2 Å². The monoisotopic (exact) mass is 355 g/mol. The fourth-order valence-electron chi connectivity index (χ4n) is 1.50. The van der Waals surface area contributed by atoms with Crippen molar-refractivity contribution in [3.05, 3.63) is 52.8 Å². The summed E-state index contributed by atoms with van der Waals surface area (Å²) in [4.78, 5) is 15.7. The molecule has 6 nitrogen and oxygen atoms in total. The molecule has 2 rings (SSSR count). The molecule has 1 heterocycles. The summed E-state index contributed by atoms with van der Waals surface area (Å²) in [5, 5.41) is 7.66. The van der Waals surface area contributed by atoms with Crippen LogP contribution >= 0.6 is 15.9 Å². The summed E-state index contributed by atoms with van der Waals surface area (Å²) in [6.07, 6.45) is 1.51. The molecule has 0 saturated heterocycles. The highest BCUT2D eigenvalue weighted by Crippen LogP contribution is 2.24. The molecule has 0 spiro atoms. The molecule has 2 aromatic rings. The highest BCUT2D eigenvalue weighted by Gasteiger charge is 2.14. The minimum atomic E-state index is -3.80. The molecular weight excluding hydrogens is 346 g/mol. The van der Waals surface area contributed by atoms with Gasteiger partial charge in [0.1, 0.15) is 5.69 Å². The van der Waals surface area contributed by atoms with Gasteiger partial charge in [-0.25, -0.2) is 13.6 Å². The minimum absolute atomic E-state index is 0.0478. The Morgan fingerprint density at radius 1 is 1.25 bits per heavy atom. The molecule has 1 aromatic heterocycles. The fourth-order valence-corrected chi connectivity index (χ4v) is 3.15. The Kier molecular flexibility index (Phi) is 4.17. The molecule has 20 heavy (non-hydrogen) atoms. The van der Waals surface area contributed by atoms with Crippen molar-refractivity contribution in [1.29, 1.82) is 0 Å². The average molecular weight is 356 g/mol. The SMILES string of the molecule is NS(=O)(=O)c1ccc(NC(=O)c2ccccn2)cc1Br. The first-order chi connectivity index (χ1) is 9.38. The number of nitrogens with two attached hydrogens (primary N) is 1. The summed E-state index contributed by atoms with van der Waals surface area (Å²) in [6.45, 7) is 0. The Labute approximate surface area is 124 Å². The number of sulfonamides is 1. The molecule has 0 fully saturated rings. The van der Waals surface area contributed by atoms with Crippen molar-refractivity contribution in [2.45, 2.75) is 4.90 Å². The van der Waals surface area contributed by atoms with E-state index in [-0.39, 0.29) is 21.0 Å². The second kappa shape index (κ2) is 5.70. The zero-order valence-corrected chi connectivity index (χ0v) is 12.5. The Bertz CT molecular complexity index is 748. The van der Waals surface area contributed by atoms with Gasteiger partial charge in [0.15, 0.2) is 0 Å². The second-order valence-corrected chi connectivity index (χ2v) is 6.24. The predicted octanol–water partition coefficient (Wildman–Crippen LogP) is 1.74. The maximum absolute atomic E-state index is 11.9. The van der Waals surface area contributed by atoms with Gasteiger partial charge in [0.2, 0.25) is 10.0 Å². The number of nitrogens with zero attached hydrogens (tertiary/aromatic N) is 1. The van der Waals surface area contributed by atoms with Gasteiger partial charge in [0.25, 0.3) is 5.91 Å². The van der Waals surface area contributed by atoms with Crippen molar-refractivity contribution in [3.8, 4) is 0 Å². The predicted molar refractivity (Wildman–Crippen MR) is 77.7 cm³/mol. The van der Waals surface area contributed by atoms with E-state index < -0.39 is 10.0 Å². The van der Waals surface area contributed by atoms with Crippen LogP contribution < -0.4 is 10.5 Å². The minimum Gasteiger partial charge on any atom is -0.321 e.